The topological polar surface area (TPSA) is 79.3 Å². The number of thiazole rings is 1. The predicted octanol–water partition coefficient (Wildman–Crippen LogP) is 2.60. The zero-order chi connectivity index (χ0) is 13.7. The van der Waals surface area contributed by atoms with Gasteiger partial charge < -0.3 is 10.4 Å². The molecule has 0 saturated heterocycles. The maximum absolute atomic E-state index is 11.3. The Balaban J connectivity index is 2.70. The van der Waals surface area contributed by atoms with Crippen molar-refractivity contribution in [3.05, 3.63) is 10.6 Å². The Bertz CT molecular complexity index is 414. The van der Waals surface area contributed by atoms with E-state index in [1.807, 2.05) is 6.26 Å². The van der Waals surface area contributed by atoms with Crippen LogP contribution in [0.15, 0.2) is 0 Å². The Labute approximate surface area is 114 Å². The maximum Gasteiger partial charge on any atom is 0.356 e. The second-order valence-electron chi connectivity index (χ2n) is 3.82. The summed E-state index contributed by atoms with van der Waals surface area (Å²) in [5.41, 5.74) is -0.159. The van der Waals surface area contributed by atoms with Gasteiger partial charge in [-0.05, 0) is 12.7 Å². The molecule has 100 valence electrons. The number of aromatic nitrogens is 1. The molecule has 0 aliphatic rings. The summed E-state index contributed by atoms with van der Waals surface area (Å²) in [5, 5.41) is 13.0. The lowest BCUT2D eigenvalue weighted by Crippen LogP contribution is -2.08. The Morgan fingerprint density at radius 3 is 2.67 bits per heavy atom. The zero-order valence-corrected chi connectivity index (χ0v) is 12.2. The largest absolute Gasteiger partial charge is 0.476 e. The molecule has 0 fully saturated rings. The van der Waals surface area contributed by atoms with E-state index in [-0.39, 0.29) is 16.4 Å². The van der Waals surface area contributed by atoms with Crippen LogP contribution in [0, 0.1) is 0 Å². The van der Waals surface area contributed by atoms with Crippen LogP contribution in [-0.4, -0.2) is 39.9 Å². The van der Waals surface area contributed by atoms with E-state index < -0.39 is 5.97 Å². The molecule has 1 heterocycles. The van der Waals surface area contributed by atoms with Crippen molar-refractivity contribution < 1.29 is 14.7 Å². The normalized spacial score (nSPS) is 12.2. The quantitative estimate of drug-likeness (QED) is 0.751. The summed E-state index contributed by atoms with van der Waals surface area (Å²) in [4.78, 5) is 26.3. The number of nitrogens with zero attached hydrogens (tertiary/aromatic N) is 1. The fourth-order valence-corrected chi connectivity index (χ4v) is 2.51. The standard InChI is InChI=1S/C11H16N2O3S2/c1-6(17-3)4-5-12-11-13-8(10(15)16)9(18-11)7(2)14/h6H,4-5H2,1-3H3,(H,12,13)(H,15,16). The van der Waals surface area contributed by atoms with Gasteiger partial charge in [-0.15, -0.1) is 0 Å². The van der Waals surface area contributed by atoms with E-state index in [1.165, 1.54) is 6.92 Å². The molecule has 0 spiro atoms. The van der Waals surface area contributed by atoms with Gasteiger partial charge in [0, 0.05) is 18.7 Å². The number of carboxylic acid groups (broad SMARTS) is 1. The number of carbonyl (C=O) groups excluding carboxylic acids is 1. The molecule has 18 heavy (non-hydrogen) atoms. The Morgan fingerprint density at radius 2 is 2.22 bits per heavy atom. The third-order valence-electron chi connectivity index (χ3n) is 2.38. The molecule has 1 aromatic heterocycles. The summed E-state index contributed by atoms with van der Waals surface area (Å²) in [6, 6.07) is 0. The summed E-state index contributed by atoms with van der Waals surface area (Å²) >= 11 is 2.87. The van der Waals surface area contributed by atoms with Gasteiger partial charge in [0.05, 0.1) is 0 Å². The molecule has 0 saturated carbocycles. The number of hydrogen-bond acceptors (Lipinski definition) is 6. The minimum absolute atomic E-state index is 0.159. The number of rotatable bonds is 7. The first-order valence-electron chi connectivity index (χ1n) is 5.47. The smallest absolute Gasteiger partial charge is 0.356 e. The van der Waals surface area contributed by atoms with Crippen LogP contribution in [0.4, 0.5) is 5.13 Å². The van der Waals surface area contributed by atoms with Crippen molar-refractivity contribution >= 4 is 40.0 Å². The Hall–Kier alpha value is -1.08. The van der Waals surface area contributed by atoms with Gasteiger partial charge in [0.2, 0.25) is 0 Å². The summed E-state index contributed by atoms with van der Waals surface area (Å²) in [6.07, 6.45) is 3.00. The van der Waals surface area contributed by atoms with Gasteiger partial charge in [0.25, 0.3) is 0 Å². The number of hydrogen-bond donors (Lipinski definition) is 2. The van der Waals surface area contributed by atoms with Crippen LogP contribution in [0.2, 0.25) is 0 Å². The van der Waals surface area contributed by atoms with Crippen molar-refractivity contribution in [3.8, 4) is 0 Å². The molecule has 1 rings (SSSR count). The van der Waals surface area contributed by atoms with Crippen molar-refractivity contribution in [3.63, 3.8) is 0 Å². The molecule has 1 aromatic rings. The lowest BCUT2D eigenvalue weighted by atomic mass is 10.3. The minimum atomic E-state index is -1.16. The third-order valence-corrected chi connectivity index (χ3v) is 4.53. The highest BCUT2D eigenvalue weighted by Crippen LogP contribution is 2.24. The number of anilines is 1. The van der Waals surface area contributed by atoms with Crippen LogP contribution in [0.3, 0.4) is 0 Å². The van der Waals surface area contributed by atoms with E-state index in [4.69, 9.17) is 5.11 Å². The van der Waals surface area contributed by atoms with Crippen molar-refractivity contribution in [1.29, 1.82) is 0 Å². The van der Waals surface area contributed by atoms with Crippen molar-refractivity contribution in [2.24, 2.45) is 0 Å². The number of aromatic carboxylic acids is 1. The lowest BCUT2D eigenvalue weighted by molar-refractivity contribution is 0.0687. The van der Waals surface area contributed by atoms with E-state index in [2.05, 4.69) is 17.2 Å². The molecule has 7 heteroatoms. The van der Waals surface area contributed by atoms with Crippen LogP contribution in [0.1, 0.15) is 40.4 Å². The predicted molar refractivity (Wildman–Crippen MR) is 75.2 cm³/mol. The SMILES string of the molecule is CSC(C)CCNc1nc(C(=O)O)c(C(C)=O)s1. The fraction of sp³-hybridized carbons (Fsp3) is 0.545. The second kappa shape index (κ2) is 6.75. The Kier molecular flexibility index (Phi) is 5.61. The van der Waals surface area contributed by atoms with Crippen LogP contribution < -0.4 is 5.32 Å². The number of carboxylic acids is 1. The summed E-state index contributed by atoms with van der Waals surface area (Å²) in [7, 11) is 0. The molecular formula is C11H16N2O3S2. The molecule has 0 amide bonds. The molecule has 2 N–H and O–H groups in total. The average Bonchev–Trinajstić information content (AvgIpc) is 2.73. The molecule has 5 nitrogen and oxygen atoms in total. The zero-order valence-electron chi connectivity index (χ0n) is 10.5. The first-order valence-corrected chi connectivity index (χ1v) is 7.57. The van der Waals surface area contributed by atoms with Crippen LogP contribution >= 0.6 is 23.1 Å². The molecule has 0 radical (unpaired) electrons. The van der Waals surface area contributed by atoms with Gasteiger partial charge in [-0.2, -0.15) is 11.8 Å². The monoisotopic (exact) mass is 288 g/mol. The van der Waals surface area contributed by atoms with Crippen LogP contribution in [0.25, 0.3) is 0 Å². The van der Waals surface area contributed by atoms with Crippen molar-refractivity contribution in [1.82, 2.24) is 4.98 Å². The van der Waals surface area contributed by atoms with E-state index in [9.17, 15) is 9.59 Å². The molecule has 0 bridgehead atoms. The molecule has 1 atom stereocenters. The van der Waals surface area contributed by atoms with Gasteiger partial charge in [-0.3, -0.25) is 4.79 Å². The number of ketones is 1. The van der Waals surface area contributed by atoms with E-state index in [0.29, 0.717) is 16.9 Å². The van der Waals surface area contributed by atoms with Crippen molar-refractivity contribution in [2.45, 2.75) is 25.5 Å². The second-order valence-corrected chi connectivity index (χ2v) is 6.10. The fourth-order valence-electron chi connectivity index (χ4n) is 1.28. The first-order chi connectivity index (χ1) is 8.45. The summed E-state index contributed by atoms with van der Waals surface area (Å²) < 4.78 is 0. The van der Waals surface area contributed by atoms with Gasteiger partial charge in [-0.1, -0.05) is 18.3 Å². The van der Waals surface area contributed by atoms with Gasteiger partial charge in [0.15, 0.2) is 16.6 Å². The minimum Gasteiger partial charge on any atom is -0.476 e. The van der Waals surface area contributed by atoms with E-state index in [0.717, 1.165) is 17.8 Å². The molecule has 0 aromatic carbocycles. The average molecular weight is 288 g/mol. The van der Waals surface area contributed by atoms with Gasteiger partial charge in [0.1, 0.15) is 4.88 Å². The molecule has 0 aliphatic heterocycles. The number of thioether (sulfide) groups is 1. The van der Waals surface area contributed by atoms with Gasteiger partial charge >= 0.3 is 5.97 Å². The van der Waals surface area contributed by atoms with E-state index in [1.54, 1.807) is 11.8 Å². The maximum atomic E-state index is 11.3. The highest BCUT2D eigenvalue weighted by molar-refractivity contribution is 7.99. The van der Waals surface area contributed by atoms with Crippen LogP contribution in [0.5, 0.6) is 0 Å². The molecule has 1 unspecified atom stereocenters. The van der Waals surface area contributed by atoms with Crippen LogP contribution in [-0.2, 0) is 0 Å². The third kappa shape index (κ3) is 3.99. The van der Waals surface area contributed by atoms with Crippen molar-refractivity contribution in [2.75, 3.05) is 18.1 Å². The highest BCUT2D eigenvalue weighted by atomic mass is 32.2. The Morgan fingerprint density at radius 1 is 1.56 bits per heavy atom. The lowest BCUT2D eigenvalue weighted by Gasteiger charge is -2.07. The summed E-state index contributed by atoms with van der Waals surface area (Å²) in [6.45, 7) is 4.18. The van der Waals surface area contributed by atoms with E-state index >= 15 is 0 Å². The number of Topliss-reactive ketones (excluding diaryl/α,β-unsaturated/α-hetero) is 1. The number of carbonyl (C=O) groups is 2. The number of nitrogens with one attached hydrogen (secondary N) is 1. The highest BCUT2D eigenvalue weighted by Gasteiger charge is 2.20. The molecule has 0 aliphatic carbocycles. The summed E-state index contributed by atoms with van der Waals surface area (Å²) in [5.74, 6) is -1.43. The first kappa shape index (κ1) is 15.0. The van der Waals surface area contributed by atoms with Gasteiger partial charge in [-0.25, -0.2) is 9.78 Å². The molecular weight excluding hydrogens is 272 g/mol.